The molecule has 0 bridgehead atoms. The minimum Gasteiger partial charge on any atom is -0.492 e. The number of benzene rings is 2. The molecule has 2 atom stereocenters. The van der Waals surface area contributed by atoms with Gasteiger partial charge < -0.3 is 14.7 Å². The molecular weight excluding hydrogens is 547 g/mol. The molecular formula is C24H24F7NO5S. The molecule has 2 aromatic rings. The van der Waals surface area contributed by atoms with Crippen LogP contribution in [-0.4, -0.2) is 44.6 Å². The molecule has 0 saturated carbocycles. The highest BCUT2D eigenvalue weighted by molar-refractivity contribution is 7.92. The highest BCUT2D eigenvalue weighted by Crippen LogP contribution is 2.47. The maximum atomic E-state index is 15.5. The lowest BCUT2D eigenvalue weighted by Gasteiger charge is -2.29. The van der Waals surface area contributed by atoms with Crippen molar-refractivity contribution in [1.29, 1.82) is 0 Å². The molecule has 1 N–H and O–H groups in total. The summed E-state index contributed by atoms with van der Waals surface area (Å²) < 4.78 is 129. The summed E-state index contributed by atoms with van der Waals surface area (Å²) in [6.45, 7) is 0.950. The molecule has 14 heteroatoms. The van der Waals surface area contributed by atoms with Gasteiger partial charge in [0, 0.05) is 30.6 Å². The number of ether oxygens (including phenoxy) is 1. The Labute approximate surface area is 213 Å². The Bertz CT molecular complexity index is 1280. The zero-order chi connectivity index (χ0) is 28.6. The molecule has 6 nitrogen and oxygen atoms in total. The number of anilines is 2. The van der Waals surface area contributed by atoms with Crippen molar-refractivity contribution in [1.82, 2.24) is 0 Å². The second-order valence-electron chi connectivity index (χ2n) is 9.50. The summed E-state index contributed by atoms with van der Waals surface area (Å²) in [6, 6.07) is 5.03. The topological polar surface area (TPSA) is 83.9 Å². The van der Waals surface area contributed by atoms with Crippen LogP contribution in [-0.2, 0) is 20.8 Å². The van der Waals surface area contributed by atoms with Gasteiger partial charge in [-0.25, -0.2) is 26.0 Å². The Morgan fingerprint density at radius 3 is 2.29 bits per heavy atom. The van der Waals surface area contributed by atoms with Gasteiger partial charge in [-0.05, 0) is 50.6 Å². The summed E-state index contributed by atoms with van der Waals surface area (Å²) in [5, 5.41) is 9.26. The predicted octanol–water partition coefficient (Wildman–Crippen LogP) is 6.22. The number of nitrogens with zero attached hydrogens (tertiary/aromatic N) is 1. The molecule has 0 aromatic heterocycles. The number of sulfone groups is 1. The van der Waals surface area contributed by atoms with E-state index in [9.17, 15) is 44.7 Å². The molecule has 0 aliphatic carbocycles. The Balaban J connectivity index is 2.26. The fourth-order valence-corrected chi connectivity index (χ4v) is 5.57. The third kappa shape index (κ3) is 6.16. The Hall–Kier alpha value is -3.03. The van der Waals surface area contributed by atoms with Crippen molar-refractivity contribution in [2.75, 3.05) is 18.1 Å². The first-order valence-corrected chi connectivity index (χ1v) is 12.8. The quantitative estimate of drug-likeness (QED) is 0.379. The number of carboxylic acids is 1. The highest BCUT2D eigenvalue weighted by Gasteiger charge is 2.45. The number of carbonyl (C=O) groups is 1. The third-order valence-electron chi connectivity index (χ3n) is 6.11. The maximum Gasteiger partial charge on any atom is 0.420 e. The second-order valence-corrected chi connectivity index (χ2v) is 11.5. The minimum atomic E-state index is -5.12. The Morgan fingerprint density at radius 2 is 1.76 bits per heavy atom. The summed E-state index contributed by atoms with van der Waals surface area (Å²) in [6.07, 6.45) is -9.47. The normalized spacial score (nSPS) is 19.7. The van der Waals surface area contributed by atoms with E-state index in [1.807, 2.05) is 0 Å². The van der Waals surface area contributed by atoms with Gasteiger partial charge in [0.2, 0.25) is 21.8 Å². The smallest absolute Gasteiger partial charge is 0.420 e. The van der Waals surface area contributed by atoms with Crippen LogP contribution in [0.3, 0.4) is 0 Å². The van der Waals surface area contributed by atoms with Gasteiger partial charge in [-0.1, -0.05) is 0 Å². The average Bonchev–Trinajstić information content (AvgIpc) is 2.89. The molecule has 38 heavy (non-hydrogen) atoms. The van der Waals surface area contributed by atoms with Crippen molar-refractivity contribution in [3.05, 3.63) is 47.8 Å². The first kappa shape index (κ1) is 29.5. The van der Waals surface area contributed by atoms with Gasteiger partial charge in [0.1, 0.15) is 18.2 Å². The van der Waals surface area contributed by atoms with Crippen molar-refractivity contribution in [2.45, 2.75) is 49.7 Å². The SMILES string of the molecule is CC(C)(COc1cc2c(cc1C(F)(F)F)N(c1ccc(F)cc1)C[C@H](CCC(F)F)[C@H](F)S2(=O)=O)C(=O)O. The molecule has 0 radical (unpaired) electrons. The Morgan fingerprint density at radius 1 is 1.16 bits per heavy atom. The number of hydrogen-bond donors (Lipinski definition) is 1. The number of alkyl halides is 6. The second kappa shape index (κ2) is 10.6. The number of fused-ring (bicyclic) bond motifs is 1. The van der Waals surface area contributed by atoms with Crippen LogP contribution in [0.4, 0.5) is 42.1 Å². The summed E-state index contributed by atoms with van der Waals surface area (Å²) in [4.78, 5) is 11.5. The largest absolute Gasteiger partial charge is 0.492 e. The van der Waals surface area contributed by atoms with E-state index in [4.69, 9.17) is 4.74 Å². The third-order valence-corrected chi connectivity index (χ3v) is 8.03. The molecule has 210 valence electrons. The summed E-state index contributed by atoms with van der Waals surface area (Å²) in [5.74, 6) is -4.74. The monoisotopic (exact) mass is 571 g/mol. The van der Waals surface area contributed by atoms with Crippen LogP contribution in [0, 0.1) is 17.2 Å². The van der Waals surface area contributed by atoms with Gasteiger partial charge in [0.25, 0.3) is 0 Å². The lowest BCUT2D eigenvalue weighted by atomic mass is 9.95. The van der Waals surface area contributed by atoms with Crippen molar-refractivity contribution in [3.63, 3.8) is 0 Å². The number of hydrogen-bond acceptors (Lipinski definition) is 5. The fourth-order valence-electron chi connectivity index (χ4n) is 3.87. The zero-order valence-electron chi connectivity index (χ0n) is 20.1. The van der Waals surface area contributed by atoms with Crippen LogP contribution in [0.2, 0.25) is 0 Å². The highest BCUT2D eigenvalue weighted by atomic mass is 32.2. The zero-order valence-corrected chi connectivity index (χ0v) is 20.9. The van der Waals surface area contributed by atoms with Crippen molar-refractivity contribution in [3.8, 4) is 5.75 Å². The summed E-state index contributed by atoms with van der Waals surface area (Å²) in [5.41, 5.74) is -6.52. The minimum absolute atomic E-state index is 0.00667. The van der Waals surface area contributed by atoms with Gasteiger partial charge in [0.15, 0.2) is 0 Å². The van der Waals surface area contributed by atoms with E-state index in [1.165, 1.54) is 13.8 Å². The van der Waals surface area contributed by atoms with Gasteiger partial charge in [-0.2, -0.15) is 13.2 Å². The van der Waals surface area contributed by atoms with Crippen molar-refractivity contribution >= 4 is 27.2 Å². The number of halogens is 7. The van der Waals surface area contributed by atoms with E-state index in [-0.39, 0.29) is 5.69 Å². The van der Waals surface area contributed by atoms with Crippen LogP contribution < -0.4 is 9.64 Å². The van der Waals surface area contributed by atoms with Crippen LogP contribution in [0.1, 0.15) is 32.3 Å². The van der Waals surface area contributed by atoms with E-state index < -0.39 is 99.0 Å². The molecule has 0 saturated heterocycles. The summed E-state index contributed by atoms with van der Waals surface area (Å²) in [7, 11) is -5.05. The molecule has 3 rings (SSSR count). The van der Waals surface area contributed by atoms with Crippen LogP contribution in [0.25, 0.3) is 0 Å². The van der Waals surface area contributed by atoms with E-state index in [2.05, 4.69) is 0 Å². The molecule has 0 spiro atoms. The molecule has 2 aromatic carbocycles. The molecule has 1 aliphatic heterocycles. The maximum absolute atomic E-state index is 15.5. The van der Waals surface area contributed by atoms with Gasteiger partial charge in [0.05, 0.1) is 21.6 Å². The summed E-state index contributed by atoms with van der Waals surface area (Å²) >= 11 is 0. The van der Waals surface area contributed by atoms with E-state index in [0.29, 0.717) is 12.1 Å². The predicted molar refractivity (Wildman–Crippen MR) is 123 cm³/mol. The van der Waals surface area contributed by atoms with Crippen LogP contribution >= 0.6 is 0 Å². The number of carboxylic acid groups (broad SMARTS) is 1. The van der Waals surface area contributed by atoms with Crippen molar-refractivity contribution < 1.29 is 53.8 Å². The van der Waals surface area contributed by atoms with Crippen LogP contribution in [0.15, 0.2) is 41.3 Å². The van der Waals surface area contributed by atoms with Gasteiger partial charge in [-0.15, -0.1) is 0 Å². The van der Waals surface area contributed by atoms with Gasteiger partial charge in [-0.3, -0.25) is 4.79 Å². The number of aliphatic carboxylic acids is 1. The van der Waals surface area contributed by atoms with Crippen LogP contribution in [0.5, 0.6) is 5.75 Å². The lowest BCUT2D eigenvalue weighted by Crippen LogP contribution is -2.31. The molecule has 0 fully saturated rings. The molecule has 0 amide bonds. The van der Waals surface area contributed by atoms with E-state index >= 15 is 4.39 Å². The number of rotatable bonds is 8. The molecule has 1 heterocycles. The van der Waals surface area contributed by atoms with E-state index in [0.717, 1.165) is 29.2 Å². The first-order chi connectivity index (χ1) is 17.4. The average molecular weight is 572 g/mol. The van der Waals surface area contributed by atoms with Crippen molar-refractivity contribution in [2.24, 2.45) is 11.3 Å². The molecule has 0 unspecified atom stereocenters. The standard InChI is InChI=1S/C24H24F7NO5S/c1-23(2,22(33)34)12-37-18-10-19-17(9-16(18)24(29,30)31)32(15-6-4-14(25)5-7-15)11-13(3-8-20(26)27)21(28)38(19,35)36/h4-7,9-10,13,20-21H,3,8,11-12H2,1-2H3,(H,33,34)/t13-,21+/m0/s1. The first-order valence-electron chi connectivity index (χ1n) is 11.3. The Kier molecular flexibility index (Phi) is 8.25. The van der Waals surface area contributed by atoms with Gasteiger partial charge >= 0.3 is 12.1 Å². The fraction of sp³-hybridized carbons (Fsp3) is 0.458. The molecule has 1 aliphatic rings. The van der Waals surface area contributed by atoms with E-state index in [1.54, 1.807) is 0 Å². The lowest BCUT2D eigenvalue weighted by molar-refractivity contribution is -0.148.